The number of rotatable bonds is 4. The van der Waals surface area contributed by atoms with Gasteiger partial charge in [-0.05, 0) is 43.5 Å². The number of alkyl halides is 2. The molecule has 2 rings (SSSR count). The van der Waals surface area contributed by atoms with E-state index < -0.39 is 11.8 Å². The molecule has 2 N–H and O–H groups in total. The van der Waals surface area contributed by atoms with E-state index in [2.05, 4.69) is 4.98 Å². The zero-order valence-electron chi connectivity index (χ0n) is 12.5. The van der Waals surface area contributed by atoms with E-state index in [0.717, 1.165) is 16.7 Å². The standard InChI is InChI=1S/C17H20F2N2/c1-11-4-6-14(13(3)8-11)15(9-20)17(18,19)16-7-5-12(2)10-21-16/h4-8,10,15H,9,20H2,1-3H3. The maximum absolute atomic E-state index is 14.8. The van der Waals surface area contributed by atoms with Gasteiger partial charge in [0.25, 0.3) is 5.92 Å². The summed E-state index contributed by atoms with van der Waals surface area (Å²) in [4.78, 5) is 3.89. The Morgan fingerprint density at radius 1 is 1.10 bits per heavy atom. The van der Waals surface area contributed by atoms with E-state index >= 15 is 0 Å². The first kappa shape index (κ1) is 15.6. The number of benzene rings is 1. The second-order valence-corrected chi connectivity index (χ2v) is 5.49. The molecule has 0 amide bonds. The summed E-state index contributed by atoms with van der Waals surface area (Å²) in [5.74, 6) is -4.17. The predicted octanol–water partition coefficient (Wildman–Crippen LogP) is 3.84. The maximum atomic E-state index is 14.8. The van der Waals surface area contributed by atoms with Crippen LogP contribution in [-0.2, 0) is 5.92 Å². The van der Waals surface area contributed by atoms with Crippen molar-refractivity contribution < 1.29 is 8.78 Å². The van der Waals surface area contributed by atoms with Crippen LogP contribution in [0.5, 0.6) is 0 Å². The van der Waals surface area contributed by atoms with Crippen LogP contribution in [0.15, 0.2) is 36.5 Å². The fourth-order valence-corrected chi connectivity index (χ4v) is 2.53. The fraction of sp³-hybridized carbons (Fsp3) is 0.353. The minimum atomic E-state index is -3.09. The summed E-state index contributed by atoms with van der Waals surface area (Å²) in [7, 11) is 0. The smallest absolute Gasteiger partial charge is 0.297 e. The summed E-state index contributed by atoms with van der Waals surface area (Å²) in [6, 6.07) is 8.50. The van der Waals surface area contributed by atoms with Crippen LogP contribution in [0, 0.1) is 20.8 Å². The van der Waals surface area contributed by atoms with Crippen molar-refractivity contribution in [3.63, 3.8) is 0 Å². The van der Waals surface area contributed by atoms with Gasteiger partial charge >= 0.3 is 0 Å². The van der Waals surface area contributed by atoms with E-state index in [1.807, 2.05) is 32.9 Å². The Labute approximate surface area is 124 Å². The van der Waals surface area contributed by atoms with Crippen molar-refractivity contribution in [1.29, 1.82) is 0 Å². The van der Waals surface area contributed by atoms with Gasteiger partial charge in [0.15, 0.2) is 0 Å². The number of nitrogens with zero attached hydrogens (tertiary/aromatic N) is 1. The highest BCUT2D eigenvalue weighted by molar-refractivity contribution is 5.36. The number of pyridine rings is 1. The van der Waals surface area contributed by atoms with Crippen LogP contribution >= 0.6 is 0 Å². The predicted molar refractivity (Wildman–Crippen MR) is 80.6 cm³/mol. The first-order chi connectivity index (χ1) is 9.86. The normalized spacial score (nSPS) is 13.2. The molecule has 0 saturated carbocycles. The van der Waals surface area contributed by atoms with Gasteiger partial charge in [-0.15, -0.1) is 0 Å². The molecule has 1 unspecified atom stereocenters. The molecular formula is C17H20F2N2. The van der Waals surface area contributed by atoms with E-state index in [0.29, 0.717) is 5.56 Å². The molecule has 0 bridgehead atoms. The van der Waals surface area contributed by atoms with E-state index in [1.54, 1.807) is 12.1 Å². The van der Waals surface area contributed by atoms with Crippen molar-refractivity contribution in [3.05, 3.63) is 64.5 Å². The molecule has 1 atom stereocenters. The number of hydrogen-bond donors (Lipinski definition) is 1. The third kappa shape index (κ3) is 3.10. The third-order valence-corrected chi connectivity index (χ3v) is 3.73. The zero-order chi connectivity index (χ0) is 15.6. The van der Waals surface area contributed by atoms with Crippen LogP contribution in [0.2, 0.25) is 0 Å². The van der Waals surface area contributed by atoms with Crippen LogP contribution < -0.4 is 5.73 Å². The molecule has 0 saturated heterocycles. The SMILES string of the molecule is Cc1ccc(C(F)(F)C(CN)c2ccc(C)cc2C)nc1. The summed E-state index contributed by atoms with van der Waals surface area (Å²) in [5, 5.41) is 0. The summed E-state index contributed by atoms with van der Waals surface area (Å²) < 4.78 is 29.6. The zero-order valence-corrected chi connectivity index (χ0v) is 12.5. The van der Waals surface area contributed by atoms with Gasteiger partial charge in [-0.25, -0.2) is 0 Å². The lowest BCUT2D eigenvalue weighted by Gasteiger charge is -2.27. The highest BCUT2D eigenvalue weighted by Crippen LogP contribution is 2.41. The highest BCUT2D eigenvalue weighted by Gasteiger charge is 2.43. The third-order valence-electron chi connectivity index (χ3n) is 3.73. The van der Waals surface area contributed by atoms with Crippen LogP contribution in [0.4, 0.5) is 8.78 Å². The molecule has 1 heterocycles. The highest BCUT2D eigenvalue weighted by atomic mass is 19.3. The Bertz CT molecular complexity index is 621. The Balaban J connectivity index is 2.45. The Morgan fingerprint density at radius 2 is 1.76 bits per heavy atom. The summed E-state index contributed by atoms with van der Waals surface area (Å²) in [6.45, 7) is 5.46. The molecule has 0 spiro atoms. The van der Waals surface area contributed by atoms with Crippen molar-refractivity contribution in [2.45, 2.75) is 32.6 Å². The second kappa shape index (κ2) is 5.90. The van der Waals surface area contributed by atoms with Gasteiger partial charge in [-0.3, -0.25) is 4.98 Å². The van der Waals surface area contributed by atoms with Gasteiger partial charge in [0, 0.05) is 12.7 Å². The van der Waals surface area contributed by atoms with E-state index in [1.165, 1.54) is 12.3 Å². The molecule has 2 aromatic rings. The van der Waals surface area contributed by atoms with E-state index in [4.69, 9.17) is 5.73 Å². The first-order valence-corrected chi connectivity index (χ1v) is 6.94. The van der Waals surface area contributed by atoms with E-state index in [-0.39, 0.29) is 12.2 Å². The minimum absolute atomic E-state index is 0.132. The van der Waals surface area contributed by atoms with Gasteiger partial charge in [-0.2, -0.15) is 8.78 Å². The summed E-state index contributed by atoms with van der Waals surface area (Å²) in [5.41, 5.74) is 8.73. The number of hydrogen-bond acceptors (Lipinski definition) is 2. The van der Waals surface area contributed by atoms with E-state index in [9.17, 15) is 8.78 Å². The molecule has 2 nitrogen and oxygen atoms in total. The molecular weight excluding hydrogens is 270 g/mol. The first-order valence-electron chi connectivity index (χ1n) is 6.94. The van der Waals surface area contributed by atoms with Crippen LogP contribution in [-0.4, -0.2) is 11.5 Å². The van der Waals surface area contributed by atoms with Crippen LogP contribution in [0.3, 0.4) is 0 Å². The lowest BCUT2D eigenvalue weighted by atomic mass is 9.87. The molecule has 0 aliphatic rings. The van der Waals surface area contributed by atoms with Gasteiger partial charge in [0.2, 0.25) is 0 Å². The number of nitrogens with two attached hydrogens (primary N) is 1. The maximum Gasteiger partial charge on any atom is 0.297 e. The second-order valence-electron chi connectivity index (χ2n) is 5.49. The molecule has 112 valence electrons. The molecule has 1 aromatic carbocycles. The Hall–Kier alpha value is -1.81. The van der Waals surface area contributed by atoms with Crippen LogP contribution in [0.1, 0.15) is 33.9 Å². The molecule has 0 aliphatic heterocycles. The number of halogens is 2. The average molecular weight is 290 g/mol. The van der Waals surface area contributed by atoms with Gasteiger partial charge < -0.3 is 5.73 Å². The largest absolute Gasteiger partial charge is 0.330 e. The number of aryl methyl sites for hydroxylation is 3. The monoisotopic (exact) mass is 290 g/mol. The van der Waals surface area contributed by atoms with Crippen molar-refractivity contribution >= 4 is 0 Å². The Morgan fingerprint density at radius 3 is 2.29 bits per heavy atom. The van der Waals surface area contributed by atoms with Crippen molar-refractivity contribution in [2.75, 3.05) is 6.54 Å². The number of aromatic nitrogens is 1. The van der Waals surface area contributed by atoms with Gasteiger partial charge in [0.05, 0.1) is 5.92 Å². The van der Waals surface area contributed by atoms with Crippen molar-refractivity contribution in [3.8, 4) is 0 Å². The van der Waals surface area contributed by atoms with Crippen LogP contribution in [0.25, 0.3) is 0 Å². The summed E-state index contributed by atoms with van der Waals surface area (Å²) in [6.07, 6.45) is 1.46. The molecule has 0 fully saturated rings. The molecule has 1 aromatic heterocycles. The topological polar surface area (TPSA) is 38.9 Å². The fourth-order valence-electron chi connectivity index (χ4n) is 2.53. The average Bonchev–Trinajstić information content (AvgIpc) is 2.42. The van der Waals surface area contributed by atoms with Gasteiger partial charge in [-0.1, -0.05) is 29.8 Å². The van der Waals surface area contributed by atoms with Gasteiger partial charge in [0.1, 0.15) is 5.69 Å². The lowest BCUT2D eigenvalue weighted by Crippen LogP contribution is -2.31. The molecule has 0 radical (unpaired) electrons. The lowest BCUT2D eigenvalue weighted by molar-refractivity contribution is -0.0358. The van der Waals surface area contributed by atoms with Crippen molar-refractivity contribution in [1.82, 2.24) is 4.98 Å². The summed E-state index contributed by atoms with van der Waals surface area (Å²) >= 11 is 0. The Kier molecular flexibility index (Phi) is 4.37. The van der Waals surface area contributed by atoms with Crippen molar-refractivity contribution in [2.24, 2.45) is 5.73 Å². The molecule has 21 heavy (non-hydrogen) atoms. The quantitative estimate of drug-likeness (QED) is 0.929. The molecule has 0 aliphatic carbocycles. The minimum Gasteiger partial charge on any atom is -0.330 e. The molecule has 4 heteroatoms.